The molecule has 7 heteroatoms. The molecule has 1 aromatic carbocycles. The van der Waals surface area contributed by atoms with Crippen LogP contribution >= 0.6 is 0 Å². The molecular weight excluding hydrogens is 370 g/mol. The molecule has 2 heterocycles. The van der Waals surface area contributed by atoms with Gasteiger partial charge in [0.15, 0.2) is 0 Å². The molecule has 0 spiro atoms. The summed E-state index contributed by atoms with van der Waals surface area (Å²) in [5.74, 6) is -1.65. The number of rotatable bonds is 4. The number of hydrogen-bond acceptors (Lipinski definition) is 4. The van der Waals surface area contributed by atoms with E-state index in [9.17, 15) is 19.2 Å². The zero-order valence-corrected chi connectivity index (χ0v) is 16.5. The number of fused-ring (bicyclic) bond motifs is 1. The Labute approximate surface area is 169 Å². The van der Waals surface area contributed by atoms with Crippen molar-refractivity contribution in [3.05, 3.63) is 42.0 Å². The first-order valence-corrected chi connectivity index (χ1v) is 10.2. The van der Waals surface area contributed by atoms with Crippen LogP contribution in [-0.2, 0) is 14.4 Å². The third-order valence-corrected chi connectivity index (χ3v) is 6.10. The van der Waals surface area contributed by atoms with E-state index in [0.717, 1.165) is 30.8 Å². The van der Waals surface area contributed by atoms with E-state index in [-0.39, 0.29) is 29.6 Å². The van der Waals surface area contributed by atoms with Crippen LogP contribution in [0.15, 0.2) is 36.4 Å². The van der Waals surface area contributed by atoms with Gasteiger partial charge in [-0.25, -0.2) is 0 Å². The summed E-state index contributed by atoms with van der Waals surface area (Å²) in [6, 6.07) is 5.84. The Balaban J connectivity index is 1.40. The molecule has 29 heavy (non-hydrogen) atoms. The van der Waals surface area contributed by atoms with Gasteiger partial charge in [-0.2, -0.15) is 0 Å². The molecule has 3 aliphatic rings. The van der Waals surface area contributed by atoms with Crippen LogP contribution in [0.2, 0.25) is 0 Å². The Morgan fingerprint density at radius 1 is 0.966 bits per heavy atom. The molecule has 3 atom stereocenters. The van der Waals surface area contributed by atoms with Crippen LogP contribution in [0.4, 0.5) is 5.69 Å². The number of carbonyl (C=O) groups is 4. The van der Waals surface area contributed by atoms with Gasteiger partial charge in [0, 0.05) is 24.3 Å². The number of likely N-dealkylation sites (tertiary alicyclic amines) is 2. The van der Waals surface area contributed by atoms with Crippen LogP contribution in [0, 0.1) is 11.8 Å². The first-order valence-electron chi connectivity index (χ1n) is 10.2. The summed E-state index contributed by atoms with van der Waals surface area (Å²) in [4.78, 5) is 53.3. The molecular formula is C22H25N3O4. The zero-order chi connectivity index (χ0) is 20.5. The van der Waals surface area contributed by atoms with Gasteiger partial charge in [0.25, 0.3) is 5.91 Å². The van der Waals surface area contributed by atoms with E-state index in [1.54, 1.807) is 31.2 Å². The van der Waals surface area contributed by atoms with Gasteiger partial charge >= 0.3 is 0 Å². The van der Waals surface area contributed by atoms with Crippen LogP contribution < -0.4 is 5.32 Å². The molecule has 2 saturated heterocycles. The zero-order valence-electron chi connectivity index (χ0n) is 16.5. The summed E-state index contributed by atoms with van der Waals surface area (Å²) in [7, 11) is 0. The maximum absolute atomic E-state index is 12.7. The van der Waals surface area contributed by atoms with Gasteiger partial charge in [-0.3, -0.25) is 24.1 Å². The molecule has 0 saturated carbocycles. The van der Waals surface area contributed by atoms with E-state index in [1.165, 1.54) is 0 Å². The number of anilines is 1. The SMILES string of the molecule is C[C@@H](C(=O)Nc1ccc(C(=O)N2CCCC2)cc1)N1C(=O)[C@H]2CC=CC[C@H]2C1=O. The first-order chi connectivity index (χ1) is 14.0. The minimum absolute atomic E-state index is 0.00165. The van der Waals surface area contributed by atoms with Gasteiger partial charge in [-0.15, -0.1) is 0 Å². The quantitative estimate of drug-likeness (QED) is 0.625. The summed E-state index contributed by atoms with van der Waals surface area (Å²) in [6.07, 6.45) is 7.00. The van der Waals surface area contributed by atoms with Gasteiger partial charge < -0.3 is 10.2 Å². The topological polar surface area (TPSA) is 86.8 Å². The Kier molecular flexibility index (Phi) is 5.22. The van der Waals surface area contributed by atoms with Crippen molar-refractivity contribution in [2.45, 2.75) is 38.6 Å². The van der Waals surface area contributed by atoms with Crippen molar-refractivity contribution in [2.24, 2.45) is 11.8 Å². The summed E-state index contributed by atoms with van der Waals surface area (Å²) in [5.41, 5.74) is 1.11. The molecule has 152 valence electrons. The second-order valence-electron chi connectivity index (χ2n) is 7.94. The lowest BCUT2D eigenvalue weighted by Gasteiger charge is -2.22. The first kappa shape index (κ1) is 19.4. The average molecular weight is 395 g/mol. The standard InChI is InChI=1S/C22H25N3O4/c1-14(25-21(28)17-6-2-3-7-18(17)22(25)29)19(26)23-16-10-8-15(9-11-16)20(27)24-12-4-5-13-24/h2-3,8-11,14,17-18H,4-7,12-13H2,1H3,(H,23,26)/t14-,17-,18+/m0/s1. The molecule has 0 unspecified atom stereocenters. The lowest BCUT2D eigenvalue weighted by Crippen LogP contribution is -2.46. The highest BCUT2D eigenvalue weighted by molar-refractivity contribution is 6.10. The third-order valence-electron chi connectivity index (χ3n) is 6.10. The monoisotopic (exact) mass is 395 g/mol. The summed E-state index contributed by atoms with van der Waals surface area (Å²) < 4.78 is 0. The van der Waals surface area contributed by atoms with E-state index < -0.39 is 11.9 Å². The Morgan fingerprint density at radius 3 is 2.07 bits per heavy atom. The molecule has 2 aliphatic heterocycles. The molecule has 4 rings (SSSR count). The van der Waals surface area contributed by atoms with Crippen molar-refractivity contribution in [3.63, 3.8) is 0 Å². The van der Waals surface area contributed by atoms with Gasteiger partial charge in [-0.05, 0) is 56.9 Å². The predicted octanol–water partition coefficient (Wildman–Crippen LogP) is 2.20. The maximum Gasteiger partial charge on any atom is 0.253 e. The molecule has 1 N–H and O–H groups in total. The number of carbonyl (C=O) groups excluding carboxylic acids is 4. The number of allylic oxidation sites excluding steroid dienone is 2. The summed E-state index contributed by atoms with van der Waals surface area (Å²) in [6.45, 7) is 3.13. The lowest BCUT2D eigenvalue weighted by molar-refractivity contribution is -0.146. The van der Waals surface area contributed by atoms with Crippen LogP contribution in [0.3, 0.4) is 0 Å². The van der Waals surface area contributed by atoms with Gasteiger partial charge in [0.05, 0.1) is 11.8 Å². The van der Waals surface area contributed by atoms with Gasteiger partial charge in [-0.1, -0.05) is 12.2 Å². The number of amides is 4. The Hall–Kier alpha value is -2.96. The maximum atomic E-state index is 12.7. The molecule has 2 fully saturated rings. The van der Waals surface area contributed by atoms with Crippen molar-refractivity contribution in [2.75, 3.05) is 18.4 Å². The van der Waals surface area contributed by atoms with E-state index in [1.807, 2.05) is 17.1 Å². The highest BCUT2D eigenvalue weighted by Crippen LogP contribution is 2.36. The van der Waals surface area contributed by atoms with E-state index in [0.29, 0.717) is 24.1 Å². The van der Waals surface area contributed by atoms with Crippen LogP contribution in [-0.4, -0.2) is 52.6 Å². The minimum atomic E-state index is -0.883. The fraction of sp³-hybridized carbons (Fsp3) is 0.455. The smallest absolute Gasteiger partial charge is 0.253 e. The summed E-state index contributed by atoms with van der Waals surface area (Å²) >= 11 is 0. The van der Waals surface area contributed by atoms with E-state index in [4.69, 9.17) is 0 Å². The third kappa shape index (κ3) is 3.57. The fourth-order valence-corrected chi connectivity index (χ4v) is 4.37. The second kappa shape index (κ2) is 7.81. The lowest BCUT2D eigenvalue weighted by atomic mass is 9.85. The van der Waals surface area contributed by atoms with Crippen molar-refractivity contribution < 1.29 is 19.2 Å². The second-order valence-corrected chi connectivity index (χ2v) is 7.94. The van der Waals surface area contributed by atoms with Crippen LogP contribution in [0.5, 0.6) is 0 Å². The Bertz CT molecular complexity index is 845. The number of hydrogen-bond donors (Lipinski definition) is 1. The minimum Gasteiger partial charge on any atom is -0.339 e. The van der Waals surface area contributed by atoms with Crippen molar-refractivity contribution in [1.29, 1.82) is 0 Å². The average Bonchev–Trinajstić information content (AvgIpc) is 3.36. The highest BCUT2D eigenvalue weighted by atomic mass is 16.2. The molecule has 1 aliphatic carbocycles. The van der Waals surface area contributed by atoms with Gasteiger partial charge in [0.1, 0.15) is 6.04 Å². The van der Waals surface area contributed by atoms with E-state index >= 15 is 0 Å². The molecule has 7 nitrogen and oxygen atoms in total. The Morgan fingerprint density at radius 2 is 1.52 bits per heavy atom. The predicted molar refractivity (Wildman–Crippen MR) is 107 cm³/mol. The van der Waals surface area contributed by atoms with Crippen molar-refractivity contribution in [3.8, 4) is 0 Å². The van der Waals surface area contributed by atoms with Crippen LogP contribution in [0.25, 0.3) is 0 Å². The number of benzene rings is 1. The van der Waals surface area contributed by atoms with Crippen molar-refractivity contribution in [1.82, 2.24) is 9.80 Å². The summed E-state index contributed by atoms with van der Waals surface area (Å²) in [5, 5.41) is 2.75. The molecule has 0 bridgehead atoms. The molecule has 4 amide bonds. The number of nitrogens with one attached hydrogen (secondary N) is 1. The molecule has 0 aromatic heterocycles. The largest absolute Gasteiger partial charge is 0.339 e. The molecule has 0 radical (unpaired) electrons. The van der Waals surface area contributed by atoms with E-state index in [2.05, 4.69) is 5.32 Å². The number of nitrogens with zero attached hydrogens (tertiary/aromatic N) is 2. The molecule has 1 aromatic rings. The highest BCUT2D eigenvalue weighted by Gasteiger charge is 2.50. The van der Waals surface area contributed by atoms with Gasteiger partial charge in [0.2, 0.25) is 17.7 Å². The van der Waals surface area contributed by atoms with Crippen LogP contribution in [0.1, 0.15) is 43.0 Å². The number of imide groups is 1. The van der Waals surface area contributed by atoms with Crippen molar-refractivity contribution >= 4 is 29.3 Å². The fourth-order valence-electron chi connectivity index (χ4n) is 4.37. The normalized spacial score (nSPS) is 24.6.